The molecule has 2 aromatic carbocycles. The third kappa shape index (κ3) is 3.04. The number of ether oxygens (including phenoxy) is 1. The van der Waals surface area contributed by atoms with E-state index in [1.54, 1.807) is 18.1 Å². The second kappa shape index (κ2) is 6.49. The van der Waals surface area contributed by atoms with Gasteiger partial charge in [-0.25, -0.2) is 0 Å². The number of rotatable bonds is 4. The summed E-state index contributed by atoms with van der Waals surface area (Å²) in [7, 11) is 1.63. The SMILES string of the molecule is COc1cccc(-c2nnn(Cc3ccc(Cl)c4cccnc34)n2)c1. The molecule has 0 saturated heterocycles. The number of hydrogen-bond acceptors (Lipinski definition) is 5. The highest BCUT2D eigenvalue weighted by Gasteiger charge is 2.10. The van der Waals surface area contributed by atoms with Crippen LogP contribution in [0.3, 0.4) is 0 Å². The van der Waals surface area contributed by atoms with E-state index in [9.17, 15) is 0 Å². The molecule has 0 spiro atoms. The van der Waals surface area contributed by atoms with E-state index in [1.807, 2.05) is 48.5 Å². The minimum Gasteiger partial charge on any atom is -0.497 e. The highest BCUT2D eigenvalue weighted by molar-refractivity contribution is 6.35. The number of methoxy groups -OCH3 is 1. The first-order chi connectivity index (χ1) is 12.2. The number of fused-ring (bicyclic) bond motifs is 1. The molecule has 0 aliphatic carbocycles. The molecule has 7 heteroatoms. The Morgan fingerprint density at radius 3 is 2.92 bits per heavy atom. The van der Waals surface area contributed by atoms with Gasteiger partial charge in [0.05, 0.1) is 19.2 Å². The second-order valence-electron chi connectivity index (χ2n) is 5.48. The van der Waals surface area contributed by atoms with E-state index in [2.05, 4.69) is 20.4 Å². The summed E-state index contributed by atoms with van der Waals surface area (Å²) in [5.74, 6) is 1.30. The van der Waals surface area contributed by atoms with Crippen molar-refractivity contribution in [2.45, 2.75) is 6.54 Å². The molecule has 0 radical (unpaired) electrons. The molecule has 0 aliphatic rings. The van der Waals surface area contributed by atoms with Gasteiger partial charge in [0.1, 0.15) is 5.75 Å². The van der Waals surface area contributed by atoms with E-state index in [-0.39, 0.29) is 0 Å². The Kier molecular flexibility index (Phi) is 4.03. The van der Waals surface area contributed by atoms with E-state index in [1.165, 1.54) is 0 Å². The fourth-order valence-electron chi connectivity index (χ4n) is 2.66. The molecule has 124 valence electrons. The average molecular weight is 352 g/mol. The predicted molar refractivity (Wildman–Crippen MR) is 95.7 cm³/mol. The molecule has 25 heavy (non-hydrogen) atoms. The zero-order valence-electron chi connectivity index (χ0n) is 13.4. The number of nitrogens with zero attached hydrogens (tertiary/aromatic N) is 5. The standard InChI is InChI=1S/C18H14ClN5O/c1-25-14-5-2-4-12(10-14)18-21-23-24(22-18)11-13-7-8-16(19)15-6-3-9-20-17(13)15/h2-10H,11H2,1H3. The minimum absolute atomic E-state index is 0.460. The lowest BCUT2D eigenvalue weighted by molar-refractivity contribution is 0.415. The van der Waals surface area contributed by atoms with Crippen LogP contribution >= 0.6 is 11.6 Å². The lowest BCUT2D eigenvalue weighted by Gasteiger charge is -2.06. The van der Waals surface area contributed by atoms with E-state index in [4.69, 9.17) is 16.3 Å². The molecular formula is C18H14ClN5O. The van der Waals surface area contributed by atoms with E-state index < -0.39 is 0 Å². The van der Waals surface area contributed by atoms with Crippen LogP contribution < -0.4 is 4.74 Å². The Morgan fingerprint density at radius 2 is 2.04 bits per heavy atom. The Bertz CT molecular complexity index is 1050. The van der Waals surface area contributed by atoms with Crippen LogP contribution in [0.1, 0.15) is 5.56 Å². The molecular weight excluding hydrogens is 338 g/mol. The van der Waals surface area contributed by atoms with Crippen molar-refractivity contribution in [3.63, 3.8) is 0 Å². The fraction of sp³-hybridized carbons (Fsp3) is 0.111. The summed E-state index contributed by atoms with van der Waals surface area (Å²) in [5, 5.41) is 14.3. The molecule has 0 saturated carbocycles. The molecule has 4 rings (SSSR count). The van der Waals surface area contributed by atoms with Crippen LogP contribution in [0.2, 0.25) is 5.02 Å². The van der Waals surface area contributed by atoms with E-state index in [0.717, 1.165) is 27.8 Å². The van der Waals surface area contributed by atoms with Crippen molar-refractivity contribution in [1.29, 1.82) is 0 Å². The maximum atomic E-state index is 6.24. The molecule has 0 amide bonds. The minimum atomic E-state index is 0.460. The topological polar surface area (TPSA) is 65.7 Å². The van der Waals surface area contributed by atoms with E-state index >= 15 is 0 Å². The lowest BCUT2D eigenvalue weighted by atomic mass is 10.1. The number of tetrazole rings is 1. The Labute approximate surface area is 149 Å². The first-order valence-electron chi connectivity index (χ1n) is 7.69. The second-order valence-corrected chi connectivity index (χ2v) is 5.89. The number of halogens is 1. The maximum Gasteiger partial charge on any atom is 0.205 e. The summed E-state index contributed by atoms with van der Waals surface area (Å²) < 4.78 is 5.23. The van der Waals surface area contributed by atoms with Gasteiger partial charge in [-0.05, 0) is 35.5 Å². The van der Waals surface area contributed by atoms with Crippen LogP contribution in [0.25, 0.3) is 22.3 Å². The van der Waals surface area contributed by atoms with Gasteiger partial charge in [0.2, 0.25) is 5.82 Å². The third-order valence-electron chi connectivity index (χ3n) is 3.89. The van der Waals surface area contributed by atoms with Gasteiger partial charge in [-0.2, -0.15) is 4.80 Å². The molecule has 4 aromatic rings. The van der Waals surface area contributed by atoms with Crippen LogP contribution in [0.4, 0.5) is 0 Å². The Balaban J connectivity index is 1.67. The monoisotopic (exact) mass is 351 g/mol. The molecule has 0 bridgehead atoms. The van der Waals surface area contributed by atoms with Crippen molar-refractivity contribution in [3.05, 3.63) is 65.3 Å². The van der Waals surface area contributed by atoms with Gasteiger partial charge in [-0.3, -0.25) is 4.98 Å². The fourth-order valence-corrected chi connectivity index (χ4v) is 2.88. The van der Waals surface area contributed by atoms with Crippen molar-refractivity contribution in [2.24, 2.45) is 0 Å². The first kappa shape index (κ1) is 15.5. The summed E-state index contributed by atoms with van der Waals surface area (Å²) in [4.78, 5) is 5.98. The zero-order chi connectivity index (χ0) is 17.2. The first-order valence-corrected chi connectivity index (χ1v) is 8.07. The number of aromatic nitrogens is 5. The van der Waals surface area contributed by atoms with E-state index in [0.29, 0.717) is 17.4 Å². The lowest BCUT2D eigenvalue weighted by Crippen LogP contribution is -2.05. The van der Waals surface area contributed by atoms with Gasteiger partial charge in [-0.1, -0.05) is 29.8 Å². The quantitative estimate of drug-likeness (QED) is 0.562. The average Bonchev–Trinajstić information content (AvgIpc) is 3.13. The summed E-state index contributed by atoms with van der Waals surface area (Å²) in [6.07, 6.45) is 1.75. The number of benzene rings is 2. The van der Waals surface area contributed by atoms with Crippen molar-refractivity contribution < 1.29 is 4.74 Å². The Morgan fingerprint density at radius 1 is 1.12 bits per heavy atom. The van der Waals surface area contributed by atoms with Crippen molar-refractivity contribution in [2.75, 3.05) is 7.11 Å². The maximum absolute atomic E-state index is 6.24. The van der Waals surface area contributed by atoms with Crippen LogP contribution in [0.15, 0.2) is 54.7 Å². The highest BCUT2D eigenvalue weighted by atomic mass is 35.5. The predicted octanol–water partition coefficient (Wildman–Crippen LogP) is 3.60. The molecule has 2 heterocycles. The van der Waals surface area contributed by atoms with Crippen LogP contribution in [0.5, 0.6) is 5.75 Å². The van der Waals surface area contributed by atoms with Gasteiger partial charge >= 0.3 is 0 Å². The van der Waals surface area contributed by atoms with Crippen molar-refractivity contribution in [3.8, 4) is 17.1 Å². The molecule has 2 aromatic heterocycles. The summed E-state index contributed by atoms with van der Waals surface area (Å²) in [6, 6.07) is 15.2. The summed E-state index contributed by atoms with van der Waals surface area (Å²) in [5.41, 5.74) is 2.68. The zero-order valence-corrected chi connectivity index (χ0v) is 14.2. The van der Waals surface area contributed by atoms with Crippen molar-refractivity contribution in [1.82, 2.24) is 25.2 Å². The molecule has 6 nitrogen and oxygen atoms in total. The molecule has 0 N–H and O–H groups in total. The van der Waals surface area contributed by atoms with Gasteiger partial charge in [-0.15, -0.1) is 10.2 Å². The van der Waals surface area contributed by atoms with Crippen LogP contribution in [-0.4, -0.2) is 32.3 Å². The van der Waals surface area contributed by atoms with Gasteiger partial charge in [0, 0.05) is 27.7 Å². The number of pyridine rings is 1. The van der Waals surface area contributed by atoms with Crippen LogP contribution in [0, 0.1) is 0 Å². The summed E-state index contributed by atoms with van der Waals surface area (Å²) >= 11 is 6.24. The van der Waals surface area contributed by atoms with Gasteiger partial charge < -0.3 is 4.74 Å². The highest BCUT2D eigenvalue weighted by Crippen LogP contribution is 2.25. The summed E-state index contributed by atoms with van der Waals surface area (Å²) in [6.45, 7) is 0.460. The largest absolute Gasteiger partial charge is 0.497 e. The smallest absolute Gasteiger partial charge is 0.205 e. The molecule has 0 fully saturated rings. The van der Waals surface area contributed by atoms with Gasteiger partial charge in [0.15, 0.2) is 0 Å². The molecule has 0 atom stereocenters. The molecule has 0 unspecified atom stereocenters. The normalized spacial score (nSPS) is 11.0. The number of hydrogen-bond donors (Lipinski definition) is 0. The van der Waals surface area contributed by atoms with Gasteiger partial charge in [0.25, 0.3) is 0 Å². The third-order valence-corrected chi connectivity index (χ3v) is 4.22. The Hall–Kier alpha value is -2.99. The van der Waals surface area contributed by atoms with Crippen LogP contribution in [-0.2, 0) is 6.54 Å². The van der Waals surface area contributed by atoms with Crippen molar-refractivity contribution >= 4 is 22.5 Å². The molecule has 0 aliphatic heterocycles.